The largest absolute Gasteiger partial charge is 0.501 e. The van der Waals surface area contributed by atoms with Crippen LogP contribution in [0.1, 0.15) is 11.1 Å². The first-order chi connectivity index (χ1) is 13.9. The van der Waals surface area contributed by atoms with Gasteiger partial charge >= 0.3 is 11.5 Å². The summed E-state index contributed by atoms with van der Waals surface area (Å²) in [6.45, 7) is 0.340. The minimum Gasteiger partial charge on any atom is -0.309 e. The number of halogens is 3. The number of likely N-dealkylation sites (N-methyl/N-ethyl adjacent to an activating group) is 1. The first-order valence-electron chi connectivity index (χ1n) is 8.61. The van der Waals surface area contributed by atoms with Gasteiger partial charge in [-0.1, -0.05) is 6.07 Å². The SMILES string of the molecule is CN(C)CCc1ccc(NC(=O)Nc2ccc(C#N)cc2)cc1S(=O)(=O)C(F)(F)F. The Balaban J connectivity index is 2.29. The molecule has 160 valence electrons. The smallest absolute Gasteiger partial charge is 0.309 e. The highest BCUT2D eigenvalue weighted by Gasteiger charge is 2.47. The van der Waals surface area contributed by atoms with Gasteiger partial charge in [0, 0.05) is 17.9 Å². The molecule has 0 fully saturated rings. The summed E-state index contributed by atoms with van der Waals surface area (Å²) >= 11 is 0. The summed E-state index contributed by atoms with van der Waals surface area (Å²) in [4.78, 5) is 12.9. The number of urea groups is 1. The Labute approximate surface area is 172 Å². The van der Waals surface area contributed by atoms with Crippen molar-refractivity contribution in [3.8, 4) is 6.07 Å². The molecule has 0 saturated carbocycles. The zero-order valence-electron chi connectivity index (χ0n) is 16.1. The summed E-state index contributed by atoms with van der Waals surface area (Å²) < 4.78 is 63.4. The number of nitrogens with one attached hydrogen (secondary N) is 2. The highest BCUT2D eigenvalue weighted by molar-refractivity contribution is 7.92. The lowest BCUT2D eigenvalue weighted by Crippen LogP contribution is -2.26. The van der Waals surface area contributed by atoms with Gasteiger partial charge in [-0.25, -0.2) is 13.2 Å². The van der Waals surface area contributed by atoms with E-state index in [4.69, 9.17) is 5.26 Å². The standard InChI is InChI=1S/C19H19F3N4O3S/c1-26(2)10-9-14-5-8-16(11-17(14)30(28,29)19(20,21)22)25-18(27)24-15-6-3-13(12-23)4-7-15/h3-8,11H,9-10H2,1-2H3,(H2,24,25,27). The fraction of sp³-hybridized carbons (Fsp3) is 0.263. The van der Waals surface area contributed by atoms with Gasteiger partial charge in [-0.15, -0.1) is 0 Å². The van der Waals surface area contributed by atoms with Crippen LogP contribution in [0.25, 0.3) is 0 Å². The maximum Gasteiger partial charge on any atom is 0.501 e. The molecule has 2 rings (SSSR count). The van der Waals surface area contributed by atoms with Crippen molar-refractivity contribution in [1.29, 1.82) is 5.26 Å². The molecule has 2 amide bonds. The van der Waals surface area contributed by atoms with Crippen LogP contribution in [0, 0.1) is 11.3 Å². The number of carbonyl (C=O) groups is 1. The summed E-state index contributed by atoms with van der Waals surface area (Å²) in [7, 11) is -2.18. The maximum absolute atomic E-state index is 13.1. The van der Waals surface area contributed by atoms with Gasteiger partial charge in [-0.05, 0) is 62.5 Å². The van der Waals surface area contributed by atoms with Gasteiger partial charge in [0.05, 0.1) is 16.5 Å². The van der Waals surface area contributed by atoms with Crippen LogP contribution in [0.15, 0.2) is 47.4 Å². The van der Waals surface area contributed by atoms with E-state index in [0.717, 1.165) is 6.07 Å². The monoisotopic (exact) mass is 440 g/mol. The lowest BCUT2D eigenvalue weighted by atomic mass is 10.1. The molecule has 0 bridgehead atoms. The zero-order chi connectivity index (χ0) is 22.5. The van der Waals surface area contributed by atoms with Gasteiger partial charge in [-0.3, -0.25) is 0 Å². The molecular formula is C19H19F3N4O3S. The number of hydrogen-bond acceptors (Lipinski definition) is 5. The number of carbonyl (C=O) groups excluding carboxylic acids is 1. The van der Waals surface area contributed by atoms with Crippen molar-refractivity contribution in [2.45, 2.75) is 16.8 Å². The fourth-order valence-electron chi connectivity index (χ4n) is 2.48. The Bertz CT molecular complexity index is 1060. The van der Waals surface area contributed by atoms with Gasteiger partial charge < -0.3 is 15.5 Å². The third kappa shape index (κ3) is 5.71. The summed E-state index contributed by atoms with van der Waals surface area (Å²) in [5.74, 6) is 0. The normalized spacial score (nSPS) is 11.8. The maximum atomic E-state index is 13.1. The predicted molar refractivity (Wildman–Crippen MR) is 106 cm³/mol. The Morgan fingerprint density at radius 1 is 1.07 bits per heavy atom. The molecule has 0 aliphatic rings. The Morgan fingerprint density at radius 3 is 2.17 bits per heavy atom. The van der Waals surface area contributed by atoms with Crippen LogP contribution in [0.3, 0.4) is 0 Å². The number of hydrogen-bond donors (Lipinski definition) is 2. The molecule has 2 aromatic rings. The molecule has 0 aromatic heterocycles. The Morgan fingerprint density at radius 2 is 1.63 bits per heavy atom. The van der Waals surface area contributed by atoms with E-state index in [1.165, 1.54) is 36.4 Å². The van der Waals surface area contributed by atoms with Crippen molar-refractivity contribution >= 4 is 27.2 Å². The van der Waals surface area contributed by atoms with Crippen LogP contribution < -0.4 is 10.6 Å². The van der Waals surface area contributed by atoms with Crippen LogP contribution in [0.2, 0.25) is 0 Å². The van der Waals surface area contributed by atoms with Crippen molar-refractivity contribution in [3.63, 3.8) is 0 Å². The number of nitriles is 1. The number of rotatable bonds is 6. The summed E-state index contributed by atoms with van der Waals surface area (Å²) in [6, 6.07) is 10.4. The summed E-state index contributed by atoms with van der Waals surface area (Å²) in [5.41, 5.74) is -4.85. The lowest BCUT2D eigenvalue weighted by Gasteiger charge is -2.16. The van der Waals surface area contributed by atoms with Crippen LogP contribution >= 0.6 is 0 Å². The molecule has 0 saturated heterocycles. The highest BCUT2D eigenvalue weighted by Crippen LogP contribution is 2.34. The zero-order valence-corrected chi connectivity index (χ0v) is 16.9. The number of sulfone groups is 1. The number of nitrogens with zero attached hydrogens (tertiary/aromatic N) is 2. The van der Waals surface area contributed by atoms with Crippen LogP contribution in [-0.2, 0) is 16.3 Å². The van der Waals surface area contributed by atoms with Crippen molar-refractivity contribution in [3.05, 3.63) is 53.6 Å². The topological polar surface area (TPSA) is 102 Å². The van der Waals surface area contributed by atoms with Gasteiger partial charge in [0.25, 0.3) is 9.84 Å². The second-order valence-electron chi connectivity index (χ2n) is 6.59. The first-order valence-corrected chi connectivity index (χ1v) is 10.1. The molecule has 0 spiro atoms. The average Bonchev–Trinajstić information content (AvgIpc) is 2.66. The number of benzene rings is 2. The van der Waals surface area contributed by atoms with Crippen molar-refractivity contribution in [2.24, 2.45) is 0 Å². The lowest BCUT2D eigenvalue weighted by molar-refractivity contribution is -0.0436. The molecule has 11 heteroatoms. The van der Waals surface area contributed by atoms with E-state index in [0.29, 0.717) is 17.8 Å². The van der Waals surface area contributed by atoms with E-state index in [2.05, 4.69) is 10.6 Å². The second-order valence-corrected chi connectivity index (χ2v) is 8.50. The van der Waals surface area contributed by atoms with Crippen molar-refractivity contribution in [1.82, 2.24) is 4.90 Å². The van der Waals surface area contributed by atoms with Gasteiger partial charge in [0.15, 0.2) is 0 Å². The molecule has 0 radical (unpaired) electrons. The molecule has 0 aliphatic heterocycles. The van der Waals surface area contributed by atoms with E-state index in [1.807, 2.05) is 6.07 Å². The highest BCUT2D eigenvalue weighted by atomic mass is 32.2. The first kappa shape index (κ1) is 23.2. The van der Waals surface area contributed by atoms with Crippen molar-refractivity contribution in [2.75, 3.05) is 31.3 Å². The van der Waals surface area contributed by atoms with E-state index in [1.54, 1.807) is 19.0 Å². The molecular weight excluding hydrogens is 421 g/mol. The van der Waals surface area contributed by atoms with Crippen LogP contribution in [-0.4, -0.2) is 45.5 Å². The van der Waals surface area contributed by atoms with E-state index >= 15 is 0 Å². The Hall–Kier alpha value is -3.10. The Kier molecular flexibility index (Phi) is 7.07. The molecule has 0 aliphatic carbocycles. The third-order valence-corrected chi connectivity index (χ3v) is 5.59. The predicted octanol–water partition coefficient (Wildman–Crippen LogP) is 3.60. The van der Waals surface area contributed by atoms with E-state index < -0.39 is 26.3 Å². The number of anilines is 2. The minimum atomic E-state index is -5.60. The molecule has 0 unspecified atom stereocenters. The van der Waals surface area contributed by atoms with Gasteiger partial charge in [0.2, 0.25) is 0 Å². The molecule has 2 aromatic carbocycles. The quantitative estimate of drug-likeness (QED) is 0.715. The van der Waals surface area contributed by atoms with Crippen LogP contribution in [0.5, 0.6) is 0 Å². The molecule has 7 nitrogen and oxygen atoms in total. The summed E-state index contributed by atoms with van der Waals surface area (Å²) in [6.07, 6.45) is 0.0787. The van der Waals surface area contributed by atoms with Crippen LogP contribution in [0.4, 0.5) is 29.3 Å². The molecule has 30 heavy (non-hydrogen) atoms. The average molecular weight is 440 g/mol. The minimum absolute atomic E-state index is 0.000856. The van der Waals surface area contributed by atoms with Gasteiger partial charge in [-0.2, -0.15) is 18.4 Å². The van der Waals surface area contributed by atoms with E-state index in [9.17, 15) is 26.4 Å². The molecule has 2 N–H and O–H groups in total. The van der Waals surface area contributed by atoms with Gasteiger partial charge in [0.1, 0.15) is 0 Å². The number of alkyl halides is 3. The number of amides is 2. The van der Waals surface area contributed by atoms with E-state index in [-0.39, 0.29) is 17.7 Å². The second kappa shape index (κ2) is 9.15. The molecule has 0 atom stereocenters. The fourth-order valence-corrected chi connectivity index (χ4v) is 3.53. The third-order valence-electron chi connectivity index (χ3n) is 4.02. The van der Waals surface area contributed by atoms with Crippen molar-refractivity contribution < 1.29 is 26.4 Å². The molecule has 0 heterocycles. The summed E-state index contributed by atoms with van der Waals surface area (Å²) in [5, 5.41) is 13.5.